The summed E-state index contributed by atoms with van der Waals surface area (Å²) in [6, 6.07) is 0. The largest absolute Gasteiger partial charge is 0.359 e. The molecule has 0 amide bonds. The van der Waals surface area contributed by atoms with Crippen molar-refractivity contribution >= 4 is 5.82 Å². The van der Waals surface area contributed by atoms with Gasteiger partial charge in [0.2, 0.25) is 0 Å². The van der Waals surface area contributed by atoms with Crippen LogP contribution in [-0.2, 0) is 13.6 Å². The summed E-state index contributed by atoms with van der Waals surface area (Å²) in [6.45, 7) is 4.20. The second kappa shape index (κ2) is 5.40. The van der Waals surface area contributed by atoms with E-state index in [4.69, 9.17) is 0 Å². The van der Waals surface area contributed by atoms with Crippen molar-refractivity contribution in [2.24, 2.45) is 24.8 Å². The molecule has 112 valence electrons. The maximum Gasteiger partial charge on any atom is 0.131 e. The van der Waals surface area contributed by atoms with Gasteiger partial charge in [0, 0.05) is 32.7 Å². The third kappa shape index (κ3) is 2.34. The molecule has 0 saturated heterocycles. The normalized spacial score (nSPS) is 28.3. The maximum absolute atomic E-state index is 4.61. The Labute approximate surface area is 122 Å². The number of nitrogens with one attached hydrogen (secondary N) is 1. The van der Waals surface area contributed by atoms with Crippen LogP contribution < -0.4 is 10.2 Å². The molecule has 0 aliphatic heterocycles. The molecular weight excluding hydrogens is 248 g/mol. The van der Waals surface area contributed by atoms with Gasteiger partial charge in [-0.1, -0.05) is 6.42 Å². The molecule has 1 N–H and O–H groups in total. The number of hydrogen-bond acceptors (Lipinski definition) is 3. The van der Waals surface area contributed by atoms with Crippen LogP contribution in [-0.4, -0.2) is 30.4 Å². The van der Waals surface area contributed by atoms with Crippen molar-refractivity contribution < 1.29 is 0 Å². The fourth-order valence-electron chi connectivity index (χ4n) is 4.59. The van der Waals surface area contributed by atoms with Gasteiger partial charge in [0.25, 0.3) is 0 Å². The van der Waals surface area contributed by atoms with Crippen LogP contribution in [0.15, 0.2) is 0 Å². The first-order valence-corrected chi connectivity index (χ1v) is 7.98. The number of anilines is 1. The molecule has 3 unspecified atom stereocenters. The van der Waals surface area contributed by atoms with Gasteiger partial charge < -0.3 is 10.2 Å². The van der Waals surface area contributed by atoms with Crippen LogP contribution in [0.3, 0.4) is 0 Å². The minimum atomic E-state index is 0.899. The van der Waals surface area contributed by atoms with Crippen molar-refractivity contribution in [2.75, 3.05) is 25.5 Å². The summed E-state index contributed by atoms with van der Waals surface area (Å²) in [4.78, 5) is 2.44. The van der Waals surface area contributed by atoms with E-state index in [2.05, 4.69) is 41.0 Å². The molecule has 2 aliphatic carbocycles. The Morgan fingerprint density at radius 2 is 2.15 bits per heavy atom. The zero-order valence-corrected chi connectivity index (χ0v) is 13.3. The van der Waals surface area contributed by atoms with E-state index < -0.39 is 0 Å². The Morgan fingerprint density at radius 3 is 2.75 bits per heavy atom. The zero-order valence-electron chi connectivity index (χ0n) is 13.3. The van der Waals surface area contributed by atoms with Crippen LogP contribution in [0.5, 0.6) is 0 Å². The van der Waals surface area contributed by atoms with Crippen molar-refractivity contribution in [1.82, 2.24) is 15.1 Å². The van der Waals surface area contributed by atoms with Crippen LogP contribution in [0, 0.1) is 24.7 Å². The van der Waals surface area contributed by atoms with Gasteiger partial charge in [-0.3, -0.25) is 4.68 Å². The second-order valence-electron chi connectivity index (χ2n) is 6.86. The summed E-state index contributed by atoms with van der Waals surface area (Å²) in [7, 11) is 6.31. The molecule has 20 heavy (non-hydrogen) atoms. The molecule has 0 radical (unpaired) electrons. The number of aromatic nitrogens is 2. The fraction of sp³-hybridized carbons (Fsp3) is 0.812. The van der Waals surface area contributed by atoms with Crippen LogP contribution in [0.4, 0.5) is 5.82 Å². The lowest BCUT2D eigenvalue weighted by Gasteiger charge is -2.29. The first kappa shape index (κ1) is 13.9. The molecule has 0 spiro atoms. The van der Waals surface area contributed by atoms with Gasteiger partial charge in [-0.2, -0.15) is 5.10 Å². The van der Waals surface area contributed by atoms with Crippen LogP contribution >= 0.6 is 0 Å². The van der Waals surface area contributed by atoms with Crippen molar-refractivity contribution in [3.8, 4) is 0 Å². The molecule has 3 rings (SSSR count). The van der Waals surface area contributed by atoms with E-state index in [0.717, 1.165) is 30.0 Å². The molecule has 3 atom stereocenters. The van der Waals surface area contributed by atoms with E-state index in [1.165, 1.54) is 43.6 Å². The molecule has 1 aromatic heterocycles. The third-order valence-electron chi connectivity index (χ3n) is 5.42. The average Bonchev–Trinajstić information content (AvgIpc) is 3.05. The smallest absolute Gasteiger partial charge is 0.131 e. The summed E-state index contributed by atoms with van der Waals surface area (Å²) in [5.41, 5.74) is 2.50. The highest BCUT2D eigenvalue weighted by atomic mass is 15.4. The van der Waals surface area contributed by atoms with E-state index in [9.17, 15) is 0 Å². The minimum Gasteiger partial charge on any atom is -0.359 e. The van der Waals surface area contributed by atoms with Gasteiger partial charge in [-0.05, 0) is 51.0 Å². The van der Waals surface area contributed by atoms with Crippen molar-refractivity contribution in [3.05, 3.63) is 11.3 Å². The quantitative estimate of drug-likeness (QED) is 0.896. The topological polar surface area (TPSA) is 33.1 Å². The SMILES string of the molecule is CNCc1c(C)nn(C)c1N(C)CC1CC2CCC1C2. The summed E-state index contributed by atoms with van der Waals surface area (Å²) >= 11 is 0. The molecule has 1 heterocycles. The Hall–Kier alpha value is -1.03. The molecule has 2 fully saturated rings. The summed E-state index contributed by atoms with van der Waals surface area (Å²) < 4.78 is 2.05. The summed E-state index contributed by atoms with van der Waals surface area (Å²) in [6.07, 6.45) is 5.90. The predicted octanol–water partition coefficient (Wildman–Crippen LogP) is 2.32. The second-order valence-corrected chi connectivity index (χ2v) is 6.86. The van der Waals surface area contributed by atoms with Crippen molar-refractivity contribution in [3.63, 3.8) is 0 Å². The summed E-state index contributed by atoms with van der Waals surface area (Å²) in [5, 5.41) is 7.88. The lowest BCUT2D eigenvalue weighted by molar-refractivity contribution is 0.336. The van der Waals surface area contributed by atoms with Gasteiger partial charge in [0.15, 0.2) is 0 Å². The Bertz CT molecular complexity index is 479. The molecule has 4 heteroatoms. The van der Waals surface area contributed by atoms with E-state index in [1.807, 2.05) is 7.05 Å². The maximum atomic E-state index is 4.61. The lowest BCUT2D eigenvalue weighted by atomic mass is 9.88. The Kier molecular flexibility index (Phi) is 3.76. The van der Waals surface area contributed by atoms with E-state index in [0.29, 0.717) is 0 Å². The fourth-order valence-corrected chi connectivity index (χ4v) is 4.59. The van der Waals surface area contributed by atoms with Crippen molar-refractivity contribution in [1.29, 1.82) is 0 Å². The van der Waals surface area contributed by atoms with Gasteiger partial charge in [0.05, 0.1) is 5.69 Å². The van der Waals surface area contributed by atoms with E-state index in [1.54, 1.807) is 0 Å². The van der Waals surface area contributed by atoms with Crippen molar-refractivity contribution in [2.45, 2.75) is 39.2 Å². The molecule has 0 aromatic carbocycles. The average molecular weight is 276 g/mol. The first-order chi connectivity index (χ1) is 9.60. The van der Waals surface area contributed by atoms with E-state index in [-0.39, 0.29) is 0 Å². The van der Waals surface area contributed by atoms with Gasteiger partial charge in [0.1, 0.15) is 5.82 Å². The summed E-state index contributed by atoms with van der Waals surface area (Å²) in [5.74, 6) is 4.21. The van der Waals surface area contributed by atoms with Gasteiger partial charge in [-0.25, -0.2) is 0 Å². The molecule has 4 nitrogen and oxygen atoms in total. The predicted molar refractivity (Wildman–Crippen MR) is 82.9 cm³/mol. The van der Waals surface area contributed by atoms with Crippen LogP contribution in [0.25, 0.3) is 0 Å². The monoisotopic (exact) mass is 276 g/mol. The third-order valence-corrected chi connectivity index (χ3v) is 5.42. The highest BCUT2D eigenvalue weighted by Crippen LogP contribution is 2.48. The van der Waals surface area contributed by atoms with Gasteiger partial charge >= 0.3 is 0 Å². The highest BCUT2D eigenvalue weighted by Gasteiger charge is 2.40. The number of fused-ring (bicyclic) bond motifs is 2. The standard InChI is InChI=1S/C16H28N4/c1-11-15(9-17-2)16(20(4)18-11)19(3)10-14-8-12-5-6-13(14)7-12/h12-14,17H,5-10H2,1-4H3. The lowest BCUT2D eigenvalue weighted by Crippen LogP contribution is -2.31. The molecule has 2 saturated carbocycles. The first-order valence-electron chi connectivity index (χ1n) is 7.98. The van der Waals surface area contributed by atoms with Crippen LogP contribution in [0.1, 0.15) is 36.9 Å². The Balaban J connectivity index is 1.75. The molecule has 2 bridgehead atoms. The molecular formula is C16H28N4. The minimum absolute atomic E-state index is 0.899. The van der Waals surface area contributed by atoms with E-state index >= 15 is 0 Å². The number of aryl methyl sites for hydroxylation is 2. The number of rotatable bonds is 5. The van der Waals surface area contributed by atoms with Crippen LogP contribution in [0.2, 0.25) is 0 Å². The Morgan fingerprint density at radius 1 is 1.35 bits per heavy atom. The highest BCUT2D eigenvalue weighted by molar-refractivity contribution is 5.49. The number of nitrogens with zero attached hydrogens (tertiary/aromatic N) is 3. The zero-order chi connectivity index (χ0) is 14.3. The number of hydrogen-bond donors (Lipinski definition) is 1. The molecule has 1 aromatic rings. The van der Waals surface area contributed by atoms with Gasteiger partial charge in [-0.15, -0.1) is 0 Å². The molecule has 2 aliphatic rings.